The van der Waals surface area contributed by atoms with Crippen LogP contribution in [0.15, 0.2) is 0 Å². The molecular weight excluding hydrogens is 216 g/mol. The Bertz CT molecular complexity index is 287. The molecular formula is C13H24N2O2. The smallest absolute Gasteiger partial charge is 0.243 e. The first-order valence-corrected chi connectivity index (χ1v) is 6.65. The van der Waals surface area contributed by atoms with E-state index in [4.69, 9.17) is 0 Å². The summed E-state index contributed by atoms with van der Waals surface area (Å²) < 4.78 is 0. The summed E-state index contributed by atoms with van der Waals surface area (Å²) in [6, 6.07) is -0.0984. The normalized spacial score (nSPS) is 22.9. The lowest BCUT2D eigenvalue weighted by Crippen LogP contribution is -2.63. The molecule has 98 valence electrons. The van der Waals surface area contributed by atoms with Crippen LogP contribution in [0.3, 0.4) is 0 Å². The lowest BCUT2D eigenvalue weighted by atomic mass is 9.92. The molecule has 2 unspecified atom stereocenters. The third-order valence-electron chi connectivity index (χ3n) is 3.79. The lowest BCUT2D eigenvalue weighted by Gasteiger charge is -2.42. The van der Waals surface area contributed by atoms with Crippen LogP contribution in [0.2, 0.25) is 0 Å². The molecule has 1 heterocycles. The van der Waals surface area contributed by atoms with Gasteiger partial charge >= 0.3 is 0 Å². The van der Waals surface area contributed by atoms with Crippen LogP contribution in [0, 0.1) is 5.92 Å². The van der Waals surface area contributed by atoms with Gasteiger partial charge in [0.25, 0.3) is 0 Å². The molecule has 1 fully saturated rings. The van der Waals surface area contributed by atoms with E-state index in [0.717, 1.165) is 19.3 Å². The third-order valence-corrected chi connectivity index (χ3v) is 3.79. The number of nitrogens with zero attached hydrogens (tertiary/aromatic N) is 1. The standard InChI is InChI=1S/C13H24N2O2/c1-5-9(4)12-13(17)14-8-11(16)15(12)10(6-2)7-3/h9-10,12H,5-8H2,1-4H3,(H,14,17). The van der Waals surface area contributed by atoms with Crippen LogP contribution in [0.25, 0.3) is 0 Å². The van der Waals surface area contributed by atoms with Crippen LogP contribution < -0.4 is 5.32 Å². The first-order valence-electron chi connectivity index (χ1n) is 6.65. The average Bonchev–Trinajstić information content (AvgIpc) is 2.34. The number of carbonyl (C=O) groups excluding carboxylic acids is 2. The summed E-state index contributed by atoms with van der Waals surface area (Å²) in [5.74, 6) is 0.272. The topological polar surface area (TPSA) is 49.4 Å². The Balaban J connectivity index is 2.98. The summed E-state index contributed by atoms with van der Waals surface area (Å²) in [6.07, 6.45) is 2.72. The van der Waals surface area contributed by atoms with E-state index in [0.29, 0.717) is 0 Å². The SMILES string of the molecule is CCC(C)C1C(=O)NCC(=O)N1C(CC)CC. The van der Waals surface area contributed by atoms with Gasteiger partial charge in [0.05, 0.1) is 6.54 Å². The van der Waals surface area contributed by atoms with Gasteiger partial charge in [-0.2, -0.15) is 0 Å². The molecule has 0 aliphatic carbocycles. The van der Waals surface area contributed by atoms with Crippen molar-refractivity contribution >= 4 is 11.8 Å². The molecule has 1 saturated heterocycles. The van der Waals surface area contributed by atoms with Crippen LogP contribution >= 0.6 is 0 Å². The second-order valence-electron chi connectivity index (χ2n) is 4.82. The van der Waals surface area contributed by atoms with Crippen molar-refractivity contribution in [3.63, 3.8) is 0 Å². The van der Waals surface area contributed by atoms with Gasteiger partial charge in [0, 0.05) is 6.04 Å². The summed E-state index contributed by atoms with van der Waals surface area (Å²) in [5, 5.41) is 2.70. The molecule has 0 aromatic heterocycles. The Hall–Kier alpha value is -1.06. The van der Waals surface area contributed by atoms with E-state index in [1.54, 1.807) is 0 Å². The molecule has 0 bridgehead atoms. The molecule has 1 rings (SSSR count). The zero-order valence-corrected chi connectivity index (χ0v) is 11.3. The number of carbonyl (C=O) groups is 2. The van der Waals surface area contributed by atoms with Crippen LogP contribution in [-0.4, -0.2) is 35.3 Å². The Labute approximate surface area is 104 Å². The monoisotopic (exact) mass is 240 g/mol. The summed E-state index contributed by atoms with van der Waals surface area (Å²) in [6.45, 7) is 8.39. The molecule has 0 aromatic carbocycles. The number of hydrogen-bond donors (Lipinski definition) is 1. The molecule has 0 aromatic rings. The highest BCUT2D eigenvalue weighted by Gasteiger charge is 2.39. The van der Waals surface area contributed by atoms with Gasteiger partial charge in [-0.05, 0) is 18.8 Å². The molecule has 1 aliphatic rings. The maximum absolute atomic E-state index is 12.0. The van der Waals surface area contributed by atoms with E-state index >= 15 is 0 Å². The van der Waals surface area contributed by atoms with E-state index in [9.17, 15) is 9.59 Å². The zero-order chi connectivity index (χ0) is 13.0. The molecule has 0 spiro atoms. The predicted octanol–water partition coefficient (Wildman–Crippen LogP) is 1.55. The molecule has 17 heavy (non-hydrogen) atoms. The minimum absolute atomic E-state index is 0.00542. The van der Waals surface area contributed by atoms with Gasteiger partial charge < -0.3 is 10.2 Å². The fraction of sp³-hybridized carbons (Fsp3) is 0.846. The fourth-order valence-corrected chi connectivity index (χ4v) is 2.51. The van der Waals surface area contributed by atoms with Crippen molar-refractivity contribution < 1.29 is 9.59 Å². The van der Waals surface area contributed by atoms with Gasteiger partial charge in [-0.25, -0.2) is 0 Å². The van der Waals surface area contributed by atoms with E-state index in [1.807, 2.05) is 11.8 Å². The van der Waals surface area contributed by atoms with E-state index in [1.165, 1.54) is 0 Å². The Morgan fingerprint density at radius 3 is 2.29 bits per heavy atom. The average molecular weight is 240 g/mol. The van der Waals surface area contributed by atoms with Gasteiger partial charge in [-0.3, -0.25) is 9.59 Å². The molecule has 4 nitrogen and oxygen atoms in total. The van der Waals surface area contributed by atoms with Crippen molar-refractivity contribution in [1.82, 2.24) is 10.2 Å². The molecule has 0 saturated carbocycles. The quantitative estimate of drug-likeness (QED) is 0.792. The maximum atomic E-state index is 12.0. The van der Waals surface area contributed by atoms with Gasteiger partial charge in [0.2, 0.25) is 11.8 Å². The Morgan fingerprint density at radius 1 is 1.24 bits per heavy atom. The van der Waals surface area contributed by atoms with Gasteiger partial charge in [-0.1, -0.05) is 34.1 Å². The van der Waals surface area contributed by atoms with Crippen molar-refractivity contribution in [2.45, 2.75) is 59.0 Å². The van der Waals surface area contributed by atoms with E-state index < -0.39 is 0 Å². The maximum Gasteiger partial charge on any atom is 0.243 e. The highest BCUT2D eigenvalue weighted by molar-refractivity contribution is 5.95. The first kappa shape index (κ1) is 14.0. The number of nitrogens with one attached hydrogen (secondary N) is 1. The van der Waals surface area contributed by atoms with E-state index in [2.05, 4.69) is 26.1 Å². The minimum Gasteiger partial charge on any atom is -0.345 e. The Morgan fingerprint density at radius 2 is 1.82 bits per heavy atom. The highest BCUT2D eigenvalue weighted by atomic mass is 16.2. The number of rotatable bonds is 5. The number of hydrogen-bond acceptors (Lipinski definition) is 2. The highest BCUT2D eigenvalue weighted by Crippen LogP contribution is 2.23. The van der Waals surface area contributed by atoms with Crippen molar-refractivity contribution in [3.8, 4) is 0 Å². The summed E-state index contributed by atoms with van der Waals surface area (Å²) in [5.41, 5.74) is 0. The van der Waals surface area contributed by atoms with Crippen molar-refractivity contribution in [1.29, 1.82) is 0 Å². The molecule has 1 aliphatic heterocycles. The zero-order valence-electron chi connectivity index (χ0n) is 11.3. The summed E-state index contributed by atoms with van der Waals surface area (Å²) in [4.78, 5) is 25.8. The molecule has 4 heteroatoms. The van der Waals surface area contributed by atoms with Crippen LogP contribution in [0.4, 0.5) is 0 Å². The number of amides is 2. The lowest BCUT2D eigenvalue weighted by molar-refractivity contribution is -0.150. The van der Waals surface area contributed by atoms with Crippen molar-refractivity contribution in [2.75, 3.05) is 6.54 Å². The number of piperazine rings is 1. The molecule has 2 atom stereocenters. The Kier molecular flexibility index (Phi) is 4.97. The van der Waals surface area contributed by atoms with Crippen molar-refractivity contribution in [3.05, 3.63) is 0 Å². The minimum atomic E-state index is -0.286. The van der Waals surface area contributed by atoms with Gasteiger partial charge in [0.15, 0.2) is 0 Å². The second-order valence-corrected chi connectivity index (χ2v) is 4.82. The largest absolute Gasteiger partial charge is 0.345 e. The third kappa shape index (κ3) is 2.79. The summed E-state index contributed by atoms with van der Waals surface area (Å²) >= 11 is 0. The second kappa shape index (κ2) is 6.03. The van der Waals surface area contributed by atoms with Gasteiger partial charge in [0.1, 0.15) is 6.04 Å². The van der Waals surface area contributed by atoms with Crippen LogP contribution in [0.1, 0.15) is 47.0 Å². The molecule has 0 radical (unpaired) electrons. The van der Waals surface area contributed by atoms with Crippen LogP contribution in [0.5, 0.6) is 0 Å². The fourth-order valence-electron chi connectivity index (χ4n) is 2.51. The van der Waals surface area contributed by atoms with Crippen LogP contribution in [-0.2, 0) is 9.59 Å². The van der Waals surface area contributed by atoms with E-state index in [-0.39, 0.29) is 36.4 Å². The summed E-state index contributed by atoms with van der Waals surface area (Å²) in [7, 11) is 0. The molecule has 1 N–H and O–H groups in total. The van der Waals surface area contributed by atoms with Gasteiger partial charge in [-0.15, -0.1) is 0 Å². The van der Waals surface area contributed by atoms with Crippen molar-refractivity contribution in [2.24, 2.45) is 5.92 Å². The first-order chi connectivity index (χ1) is 8.06. The molecule has 2 amide bonds. The predicted molar refractivity (Wildman–Crippen MR) is 67.5 cm³/mol.